The van der Waals surface area contributed by atoms with Crippen LogP contribution in [0.25, 0.3) is 0 Å². The summed E-state index contributed by atoms with van der Waals surface area (Å²) in [7, 11) is 3.83. The maximum atomic E-state index is 8.94. The van der Waals surface area contributed by atoms with Crippen LogP contribution in [0.15, 0.2) is 18.2 Å². The fourth-order valence-corrected chi connectivity index (χ4v) is 2.59. The minimum absolute atomic E-state index is 0.679. The molecule has 1 aromatic rings. The predicted octanol–water partition coefficient (Wildman–Crippen LogP) is 1.61. The van der Waals surface area contributed by atoms with Gasteiger partial charge in [0.15, 0.2) is 0 Å². The van der Waals surface area contributed by atoms with Crippen LogP contribution in [0.1, 0.15) is 17.5 Å². The van der Waals surface area contributed by atoms with E-state index >= 15 is 0 Å². The van der Waals surface area contributed by atoms with E-state index in [4.69, 9.17) is 10.00 Å². The van der Waals surface area contributed by atoms with Crippen LogP contribution in [-0.4, -0.2) is 38.7 Å². The molecule has 19 heavy (non-hydrogen) atoms. The summed E-state index contributed by atoms with van der Waals surface area (Å²) in [5.74, 6) is 1.57. The topological polar surface area (TPSA) is 48.3 Å². The number of hydrogen-bond acceptors (Lipinski definition) is 4. The molecule has 0 aromatic heterocycles. The molecule has 4 nitrogen and oxygen atoms in total. The van der Waals surface area contributed by atoms with Crippen molar-refractivity contribution in [2.75, 3.05) is 33.8 Å². The van der Waals surface area contributed by atoms with Gasteiger partial charge in [0.25, 0.3) is 0 Å². The zero-order valence-electron chi connectivity index (χ0n) is 11.6. The quantitative estimate of drug-likeness (QED) is 0.872. The van der Waals surface area contributed by atoms with Crippen molar-refractivity contribution < 1.29 is 4.74 Å². The lowest BCUT2D eigenvalue weighted by molar-refractivity contribution is 0.385. The molecule has 1 saturated heterocycles. The minimum atomic E-state index is 0.679. The highest BCUT2D eigenvalue weighted by molar-refractivity contribution is 5.41. The van der Waals surface area contributed by atoms with Crippen LogP contribution < -0.4 is 10.1 Å². The second-order valence-electron chi connectivity index (χ2n) is 5.19. The van der Waals surface area contributed by atoms with Gasteiger partial charge < -0.3 is 15.0 Å². The van der Waals surface area contributed by atoms with E-state index in [2.05, 4.69) is 23.3 Å². The molecule has 1 aliphatic rings. The summed E-state index contributed by atoms with van der Waals surface area (Å²) < 4.78 is 5.33. The van der Waals surface area contributed by atoms with Crippen molar-refractivity contribution in [3.8, 4) is 11.8 Å². The predicted molar refractivity (Wildman–Crippen MR) is 75.0 cm³/mol. The number of nitrogens with zero attached hydrogens (tertiary/aromatic N) is 2. The Morgan fingerprint density at radius 3 is 3.00 bits per heavy atom. The van der Waals surface area contributed by atoms with Gasteiger partial charge in [-0.25, -0.2) is 0 Å². The number of nitriles is 1. The van der Waals surface area contributed by atoms with E-state index in [1.807, 2.05) is 12.1 Å². The van der Waals surface area contributed by atoms with Crippen LogP contribution in [0.3, 0.4) is 0 Å². The third-order valence-electron chi connectivity index (χ3n) is 3.65. The molecule has 0 saturated carbocycles. The number of benzene rings is 1. The second-order valence-corrected chi connectivity index (χ2v) is 5.19. The summed E-state index contributed by atoms with van der Waals surface area (Å²) in [6.45, 7) is 4.13. The normalized spacial score (nSPS) is 19.3. The maximum absolute atomic E-state index is 8.94. The van der Waals surface area contributed by atoms with Crippen LogP contribution in [0.5, 0.6) is 5.75 Å². The molecular formula is C15H21N3O. The van der Waals surface area contributed by atoms with E-state index in [9.17, 15) is 0 Å². The third-order valence-corrected chi connectivity index (χ3v) is 3.65. The number of likely N-dealkylation sites (tertiary alicyclic amines) is 1. The average Bonchev–Trinajstić information content (AvgIpc) is 2.84. The zero-order chi connectivity index (χ0) is 13.7. The first-order valence-corrected chi connectivity index (χ1v) is 6.69. The lowest BCUT2D eigenvalue weighted by Gasteiger charge is -2.13. The van der Waals surface area contributed by atoms with Gasteiger partial charge in [-0.2, -0.15) is 5.26 Å². The summed E-state index contributed by atoms with van der Waals surface area (Å²) in [5, 5.41) is 12.4. The molecule has 1 atom stereocenters. The third kappa shape index (κ3) is 3.69. The Morgan fingerprint density at radius 2 is 2.37 bits per heavy atom. The summed E-state index contributed by atoms with van der Waals surface area (Å²) in [6, 6.07) is 7.71. The highest BCUT2D eigenvalue weighted by Crippen LogP contribution is 2.20. The first-order valence-electron chi connectivity index (χ1n) is 6.69. The van der Waals surface area contributed by atoms with Crippen molar-refractivity contribution in [2.24, 2.45) is 5.92 Å². The first kappa shape index (κ1) is 13.9. The van der Waals surface area contributed by atoms with Gasteiger partial charge in [-0.3, -0.25) is 0 Å². The van der Waals surface area contributed by atoms with Gasteiger partial charge in [0, 0.05) is 18.7 Å². The molecular weight excluding hydrogens is 238 g/mol. The molecule has 0 bridgehead atoms. The maximum Gasteiger partial charge on any atom is 0.123 e. The fourth-order valence-electron chi connectivity index (χ4n) is 2.59. The van der Waals surface area contributed by atoms with Gasteiger partial charge in [-0.1, -0.05) is 0 Å². The molecule has 0 aliphatic carbocycles. The molecule has 1 fully saturated rings. The molecule has 1 heterocycles. The van der Waals surface area contributed by atoms with Crippen LogP contribution >= 0.6 is 0 Å². The Labute approximate surface area is 115 Å². The van der Waals surface area contributed by atoms with E-state index in [1.165, 1.54) is 19.5 Å². The average molecular weight is 259 g/mol. The van der Waals surface area contributed by atoms with Gasteiger partial charge in [0.1, 0.15) is 5.75 Å². The molecule has 1 aliphatic heterocycles. The van der Waals surface area contributed by atoms with Gasteiger partial charge in [-0.05, 0) is 50.7 Å². The molecule has 1 N–H and O–H groups in total. The van der Waals surface area contributed by atoms with Crippen molar-refractivity contribution >= 4 is 0 Å². The van der Waals surface area contributed by atoms with E-state index in [1.54, 1.807) is 13.2 Å². The molecule has 0 amide bonds. The van der Waals surface area contributed by atoms with E-state index in [-0.39, 0.29) is 0 Å². The molecule has 4 heteroatoms. The lowest BCUT2D eigenvalue weighted by Crippen LogP contribution is -2.24. The van der Waals surface area contributed by atoms with Crippen molar-refractivity contribution in [3.05, 3.63) is 29.3 Å². The zero-order valence-corrected chi connectivity index (χ0v) is 11.6. The molecule has 0 radical (unpaired) electrons. The van der Waals surface area contributed by atoms with Gasteiger partial charge in [0.2, 0.25) is 0 Å². The first-order chi connectivity index (χ1) is 9.22. The van der Waals surface area contributed by atoms with Crippen molar-refractivity contribution in [1.29, 1.82) is 5.26 Å². The van der Waals surface area contributed by atoms with E-state index < -0.39 is 0 Å². The Hall–Kier alpha value is -1.57. The Kier molecular flexibility index (Phi) is 4.78. The minimum Gasteiger partial charge on any atom is -0.496 e. The van der Waals surface area contributed by atoms with Gasteiger partial charge >= 0.3 is 0 Å². The molecule has 102 valence electrons. The Morgan fingerprint density at radius 1 is 1.53 bits per heavy atom. The summed E-state index contributed by atoms with van der Waals surface area (Å²) in [4.78, 5) is 2.36. The van der Waals surface area contributed by atoms with Gasteiger partial charge in [-0.15, -0.1) is 0 Å². The largest absolute Gasteiger partial charge is 0.496 e. The van der Waals surface area contributed by atoms with E-state index in [0.717, 1.165) is 30.3 Å². The standard InChI is InChI=1S/C15H21N3O/c1-18-6-5-13(11-18)9-17-10-14-7-12(8-16)3-4-15(14)19-2/h3-4,7,13,17H,5-6,9-11H2,1-2H3. The summed E-state index contributed by atoms with van der Waals surface area (Å²) in [6.07, 6.45) is 1.26. The summed E-state index contributed by atoms with van der Waals surface area (Å²) >= 11 is 0. The molecule has 0 spiro atoms. The van der Waals surface area contributed by atoms with Gasteiger partial charge in [0.05, 0.1) is 18.7 Å². The Bertz CT molecular complexity index is 467. The van der Waals surface area contributed by atoms with Crippen LogP contribution in [0.2, 0.25) is 0 Å². The number of methoxy groups -OCH3 is 1. The van der Waals surface area contributed by atoms with Crippen LogP contribution in [0.4, 0.5) is 0 Å². The Balaban J connectivity index is 1.89. The molecule has 1 aromatic carbocycles. The van der Waals surface area contributed by atoms with Crippen molar-refractivity contribution in [1.82, 2.24) is 10.2 Å². The number of ether oxygens (including phenoxy) is 1. The SMILES string of the molecule is COc1ccc(C#N)cc1CNCC1CCN(C)C1. The van der Waals surface area contributed by atoms with Crippen LogP contribution in [-0.2, 0) is 6.54 Å². The fraction of sp³-hybridized carbons (Fsp3) is 0.533. The number of rotatable bonds is 5. The second kappa shape index (κ2) is 6.55. The summed E-state index contributed by atoms with van der Waals surface area (Å²) in [5.41, 5.74) is 1.73. The van der Waals surface area contributed by atoms with E-state index in [0.29, 0.717) is 5.56 Å². The molecule has 1 unspecified atom stereocenters. The monoisotopic (exact) mass is 259 g/mol. The molecule has 2 rings (SSSR count). The van der Waals surface area contributed by atoms with Crippen LogP contribution in [0, 0.1) is 17.2 Å². The number of nitrogens with one attached hydrogen (secondary N) is 1. The van der Waals surface area contributed by atoms with Crippen molar-refractivity contribution in [3.63, 3.8) is 0 Å². The number of hydrogen-bond donors (Lipinski definition) is 1. The highest BCUT2D eigenvalue weighted by atomic mass is 16.5. The smallest absolute Gasteiger partial charge is 0.123 e. The van der Waals surface area contributed by atoms with Crippen molar-refractivity contribution in [2.45, 2.75) is 13.0 Å². The lowest BCUT2D eigenvalue weighted by atomic mass is 10.1. The highest BCUT2D eigenvalue weighted by Gasteiger charge is 2.18.